The quantitative estimate of drug-likeness (QED) is 0.152. The Morgan fingerprint density at radius 3 is 1.97 bits per heavy atom. The zero-order chi connectivity index (χ0) is 26.5. The lowest BCUT2D eigenvalue weighted by molar-refractivity contribution is -0.142. The van der Waals surface area contributed by atoms with E-state index < -0.39 is 53.8 Å². The highest BCUT2D eigenvalue weighted by atomic mass is 32.1. The second kappa shape index (κ2) is 15.0. The number of carboxylic acid groups (broad SMARTS) is 1. The molecule has 0 saturated carbocycles. The molecule has 0 radical (unpaired) electrons. The third-order valence-corrected chi connectivity index (χ3v) is 5.48. The van der Waals surface area contributed by atoms with Gasteiger partial charge in [-0.15, -0.1) is 0 Å². The molecule has 0 aliphatic carbocycles. The predicted octanol–water partition coefficient (Wildman–Crippen LogP) is -0.663. The zero-order valence-corrected chi connectivity index (χ0v) is 20.8. The zero-order valence-electron chi connectivity index (χ0n) is 19.9. The molecule has 1 aromatic rings. The highest BCUT2D eigenvalue weighted by Crippen LogP contribution is 2.09. The molecule has 4 atom stereocenters. The van der Waals surface area contributed by atoms with Crippen molar-refractivity contribution in [2.75, 3.05) is 5.75 Å². The van der Waals surface area contributed by atoms with Crippen LogP contribution in [0.15, 0.2) is 30.3 Å². The Morgan fingerprint density at radius 1 is 0.914 bits per heavy atom. The van der Waals surface area contributed by atoms with E-state index in [9.17, 15) is 29.1 Å². The monoisotopic (exact) mass is 509 g/mol. The molecule has 1 rings (SSSR count). The van der Waals surface area contributed by atoms with Crippen molar-refractivity contribution in [2.45, 2.75) is 63.7 Å². The lowest BCUT2D eigenvalue weighted by atomic mass is 10.0. The van der Waals surface area contributed by atoms with E-state index in [1.54, 1.807) is 30.3 Å². The molecule has 0 fully saturated rings. The summed E-state index contributed by atoms with van der Waals surface area (Å²) < 4.78 is 0. The fourth-order valence-corrected chi connectivity index (χ4v) is 3.38. The number of hydrogen-bond donors (Lipinski definition) is 7. The molecule has 8 N–H and O–H groups in total. The van der Waals surface area contributed by atoms with Crippen LogP contribution in [0.5, 0.6) is 0 Å². The number of primary amides is 1. The average molecular weight is 510 g/mol. The predicted molar refractivity (Wildman–Crippen MR) is 133 cm³/mol. The summed E-state index contributed by atoms with van der Waals surface area (Å²) in [5.41, 5.74) is 11.6. The molecule has 0 aliphatic rings. The molecule has 0 spiro atoms. The van der Waals surface area contributed by atoms with E-state index in [4.69, 9.17) is 11.5 Å². The minimum atomic E-state index is -1.22. The summed E-state index contributed by atoms with van der Waals surface area (Å²) in [5.74, 6) is -3.93. The Morgan fingerprint density at radius 2 is 1.46 bits per heavy atom. The lowest BCUT2D eigenvalue weighted by Gasteiger charge is -2.26. The molecule has 0 saturated heterocycles. The number of thiol groups is 1. The summed E-state index contributed by atoms with van der Waals surface area (Å²) in [6.07, 6.45) is -0.0211. The second-order valence-electron chi connectivity index (χ2n) is 8.64. The fraction of sp³-hybridized carbons (Fsp3) is 0.522. The van der Waals surface area contributed by atoms with Crippen LogP contribution in [-0.4, -0.2) is 64.6 Å². The molecular formula is C23H35N5O6S. The van der Waals surface area contributed by atoms with Crippen molar-refractivity contribution in [1.82, 2.24) is 16.0 Å². The molecule has 194 valence electrons. The highest BCUT2D eigenvalue weighted by molar-refractivity contribution is 7.80. The van der Waals surface area contributed by atoms with Gasteiger partial charge >= 0.3 is 5.97 Å². The van der Waals surface area contributed by atoms with E-state index >= 15 is 0 Å². The number of rotatable bonds is 15. The first kappa shape index (κ1) is 29.9. The Hall–Kier alpha value is -3.12. The third-order valence-electron chi connectivity index (χ3n) is 5.08. The van der Waals surface area contributed by atoms with Crippen LogP contribution in [0.25, 0.3) is 0 Å². The van der Waals surface area contributed by atoms with Gasteiger partial charge in [0.25, 0.3) is 0 Å². The molecule has 0 bridgehead atoms. The maximum absolute atomic E-state index is 13.0. The van der Waals surface area contributed by atoms with Crippen LogP contribution >= 0.6 is 12.6 Å². The highest BCUT2D eigenvalue weighted by Gasteiger charge is 2.30. The van der Waals surface area contributed by atoms with Crippen LogP contribution in [0.3, 0.4) is 0 Å². The Balaban J connectivity index is 3.01. The van der Waals surface area contributed by atoms with Gasteiger partial charge in [-0.1, -0.05) is 44.2 Å². The van der Waals surface area contributed by atoms with Crippen molar-refractivity contribution in [1.29, 1.82) is 0 Å². The van der Waals surface area contributed by atoms with Gasteiger partial charge in [-0.05, 0) is 24.3 Å². The second-order valence-corrected chi connectivity index (χ2v) is 9.00. The Labute approximate surface area is 210 Å². The number of aliphatic carboxylic acids is 1. The van der Waals surface area contributed by atoms with Crippen LogP contribution in [0.1, 0.15) is 38.7 Å². The normalized spacial score (nSPS) is 14.3. The number of benzene rings is 1. The van der Waals surface area contributed by atoms with Crippen molar-refractivity contribution < 1.29 is 29.1 Å². The van der Waals surface area contributed by atoms with Crippen molar-refractivity contribution >= 4 is 42.2 Å². The van der Waals surface area contributed by atoms with Crippen molar-refractivity contribution in [3.05, 3.63) is 35.9 Å². The molecule has 35 heavy (non-hydrogen) atoms. The summed E-state index contributed by atoms with van der Waals surface area (Å²) in [6, 6.07) is 4.36. The van der Waals surface area contributed by atoms with E-state index in [1.165, 1.54) is 0 Å². The number of nitrogens with two attached hydrogens (primary N) is 2. The first-order chi connectivity index (χ1) is 16.4. The average Bonchev–Trinajstić information content (AvgIpc) is 2.80. The minimum Gasteiger partial charge on any atom is -0.480 e. The largest absolute Gasteiger partial charge is 0.480 e. The van der Waals surface area contributed by atoms with Gasteiger partial charge in [0.1, 0.15) is 18.1 Å². The van der Waals surface area contributed by atoms with Gasteiger partial charge in [-0.25, -0.2) is 4.79 Å². The van der Waals surface area contributed by atoms with E-state index in [0.29, 0.717) is 0 Å². The molecule has 12 heteroatoms. The van der Waals surface area contributed by atoms with Crippen LogP contribution in [0.2, 0.25) is 0 Å². The molecule has 4 unspecified atom stereocenters. The van der Waals surface area contributed by atoms with Crippen LogP contribution in [0, 0.1) is 5.92 Å². The van der Waals surface area contributed by atoms with Gasteiger partial charge in [0.05, 0.1) is 6.04 Å². The van der Waals surface area contributed by atoms with Gasteiger partial charge in [0.2, 0.25) is 23.6 Å². The topological polar surface area (TPSA) is 194 Å². The number of carboxylic acids is 1. The smallest absolute Gasteiger partial charge is 0.326 e. The van der Waals surface area contributed by atoms with Crippen molar-refractivity contribution in [3.8, 4) is 0 Å². The summed E-state index contributed by atoms with van der Waals surface area (Å²) in [5, 5.41) is 17.1. The van der Waals surface area contributed by atoms with E-state index in [2.05, 4.69) is 28.6 Å². The molecule has 0 heterocycles. The first-order valence-electron chi connectivity index (χ1n) is 11.3. The third kappa shape index (κ3) is 11.2. The van der Waals surface area contributed by atoms with Crippen molar-refractivity contribution in [3.63, 3.8) is 0 Å². The SMILES string of the molecule is CC(C)CC(NC(=O)C(CCC(N)=O)NC(=O)C(N)CS)C(=O)NC(Cc1ccccc1)C(=O)O. The van der Waals surface area contributed by atoms with Gasteiger partial charge in [-0.3, -0.25) is 19.2 Å². The fourth-order valence-electron chi connectivity index (χ4n) is 3.21. The number of nitrogens with one attached hydrogen (secondary N) is 3. The first-order valence-corrected chi connectivity index (χ1v) is 11.9. The van der Waals surface area contributed by atoms with Crippen LogP contribution < -0.4 is 27.4 Å². The lowest BCUT2D eigenvalue weighted by Crippen LogP contribution is -2.57. The van der Waals surface area contributed by atoms with Gasteiger partial charge in [0, 0.05) is 18.6 Å². The maximum atomic E-state index is 13.0. The molecule has 11 nitrogen and oxygen atoms in total. The van der Waals surface area contributed by atoms with E-state index in [1.807, 2.05) is 13.8 Å². The van der Waals surface area contributed by atoms with E-state index in [0.717, 1.165) is 5.56 Å². The van der Waals surface area contributed by atoms with Gasteiger partial charge in [0.15, 0.2) is 0 Å². The summed E-state index contributed by atoms with van der Waals surface area (Å²) in [4.78, 5) is 61.2. The van der Waals surface area contributed by atoms with Gasteiger partial charge in [-0.2, -0.15) is 12.6 Å². The minimum absolute atomic E-state index is 0.0280. The molecule has 0 aromatic heterocycles. The molecule has 4 amide bonds. The van der Waals surface area contributed by atoms with Crippen LogP contribution in [-0.2, 0) is 30.4 Å². The Bertz CT molecular complexity index is 882. The van der Waals surface area contributed by atoms with Crippen molar-refractivity contribution in [2.24, 2.45) is 17.4 Å². The van der Waals surface area contributed by atoms with Gasteiger partial charge < -0.3 is 32.5 Å². The number of hydrogen-bond acceptors (Lipinski definition) is 7. The summed E-state index contributed by atoms with van der Waals surface area (Å²) in [6.45, 7) is 3.67. The number of carbonyl (C=O) groups excluding carboxylic acids is 4. The Kier molecular flexibility index (Phi) is 12.8. The molecule has 0 aliphatic heterocycles. The van der Waals surface area contributed by atoms with E-state index in [-0.39, 0.29) is 37.4 Å². The summed E-state index contributed by atoms with van der Waals surface area (Å²) >= 11 is 3.96. The standard InChI is InChI=1S/C23H35N5O6S/c1-13(2)10-17(22(32)28-18(23(33)34)11-14-6-4-3-5-7-14)27-21(31)16(8-9-19(25)29)26-20(30)15(24)12-35/h3-7,13,15-18,35H,8-12,24H2,1-2H3,(H2,25,29)(H,26,30)(H,27,31)(H,28,32)(H,33,34). The molecule has 1 aromatic carbocycles. The molecular weight excluding hydrogens is 474 g/mol. The number of amides is 4. The van der Waals surface area contributed by atoms with Crippen LogP contribution in [0.4, 0.5) is 0 Å². The summed E-state index contributed by atoms with van der Waals surface area (Å²) in [7, 11) is 0. The maximum Gasteiger partial charge on any atom is 0.326 e. The number of carbonyl (C=O) groups is 5.